The number of rotatable bonds is 1. The van der Waals surface area contributed by atoms with E-state index >= 15 is 0 Å². The molecule has 5 heteroatoms. The molecular weight excluding hydrogens is 336 g/mol. The van der Waals surface area contributed by atoms with Gasteiger partial charge in [-0.3, -0.25) is 0 Å². The summed E-state index contributed by atoms with van der Waals surface area (Å²) in [6.07, 6.45) is -1.09. The molecule has 2 rings (SSSR count). The zero-order chi connectivity index (χ0) is 19.9. The summed E-state index contributed by atoms with van der Waals surface area (Å²) < 4.78 is 0. The first-order valence-corrected chi connectivity index (χ1v) is 9.67. The van der Waals surface area contributed by atoms with Crippen molar-refractivity contribution in [2.75, 3.05) is 0 Å². The van der Waals surface area contributed by atoms with E-state index in [2.05, 4.69) is 29.1 Å². The Hall–Kier alpha value is -1.35. The highest BCUT2D eigenvalue weighted by molar-refractivity contribution is 7.77. The number of nitriles is 1. The van der Waals surface area contributed by atoms with E-state index in [-0.39, 0.29) is 0 Å². The number of pyridine rings is 1. The third kappa shape index (κ3) is 7.48. The van der Waals surface area contributed by atoms with Crippen molar-refractivity contribution < 1.29 is 5.11 Å². The Kier molecular flexibility index (Phi) is 18.9. The van der Waals surface area contributed by atoms with Gasteiger partial charge in [-0.2, -0.15) is 5.26 Å². The smallest absolute Gasteiger partial charge is 0.167 e. The first kappa shape index (κ1) is 27.5. The maximum absolute atomic E-state index is 9.66. The fraction of sp³-hybridized carbons (Fsp3) is 0.526. The molecule has 24 heavy (non-hydrogen) atoms. The van der Waals surface area contributed by atoms with Gasteiger partial charge >= 0.3 is 0 Å². The zero-order valence-electron chi connectivity index (χ0n) is 16.5. The Balaban J connectivity index is -0.000000484. The molecular formula is C19H32N2OS2. The highest BCUT2D eigenvalue weighted by Gasteiger charge is 2.17. The van der Waals surface area contributed by atoms with E-state index in [1.807, 2.05) is 68.4 Å². The van der Waals surface area contributed by atoms with Gasteiger partial charge in [-0.1, -0.05) is 53.8 Å². The molecule has 0 saturated carbocycles. The van der Waals surface area contributed by atoms with Crippen molar-refractivity contribution in [2.24, 2.45) is 0 Å². The second kappa shape index (κ2) is 16.5. The normalized spacial score (nSPS) is 9.38. The Morgan fingerprint density at radius 1 is 1.12 bits per heavy atom. The SMILES string of the molecule is C=S.CC.CC.CC.Cc1cc2c(C)c(C(O)C#N)c(C)nc2s1. The molecule has 0 spiro atoms. The number of thiocarbonyl (C=S) groups is 1. The average Bonchev–Trinajstić information content (AvgIpc) is 3.02. The van der Waals surface area contributed by atoms with E-state index in [4.69, 9.17) is 5.26 Å². The fourth-order valence-electron chi connectivity index (χ4n) is 1.95. The van der Waals surface area contributed by atoms with Crippen LogP contribution in [0.15, 0.2) is 6.07 Å². The van der Waals surface area contributed by atoms with Gasteiger partial charge in [-0.25, -0.2) is 4.98 Å². The molecule has 2 aromatic heterocycles. The predicted molar refractivity (Wildman–Crippen MR) is 113 cm³/mol. The molecule has 0 radical (unpaired) electrons. The molecule has 0 amide bonds. The number of aryl methyl sites for hydroxylation is 3. The Labute approximate surface area is 157 Å². The van der Waals surface area contributed by atoms with Crippen LogP contribution in [-0.4, -0.2) is 16.0 Å². The number of nitrogens with zero attached hydrogens (tertiary/aromatic N) is 2. The molecule has 2 heterocycles. The van der Waals surface area contributed by atoms with Crippen LogP contribution in [0.25, 0.3) is 10.2 Å². The van der Waals surface area contributed by atoms with E-state index in [0.717, 1.165) is 21.5 Å². The van der Waals surface area contributed by atoms with E-state index in [1.165, 1.54) is 4.88 Å². The molecule has 0 saturated heterocycles. The molecule has 0 aliphatic rings. The fourth-order valence-corrected chi connectivity index (χ4v) is 2.94. The minimum absolute atomic E-state index is 0.646. The number of aliphatic hydroxyl groups excluding tert-OH is 1. The van der Waals surface area contributed by atoms with Crippen LogP contribution < -0.4 is 0 Å². The quantitative estimate of drug-likeness (QED) is 0.462. The van der Waals surface area contributed by atoms with Crippen LogP contribution >= 0.6 is 23.6 Å². The van der Waals surface area contributed by atoms with Gasteiger partial charge in [0, 0.05) is 21.5 Å². The second-order valence-electron chi connectivity index (χ2n) is 3.84. The lowest BCUT2D eigenvalue weighted by molar-refractivity contribution is 0.234. The molecule has 1 atom stereocenters. The van der Waals surface area contributed by atoms with Crippen molar-refractivity contribution in [1.82, 2.24) is 4.98 Å². The number of aliphatic hydroxyl groups is 1. The summed E-state index contributed by atoms with van der Waals surface area (Å²) in [5.74, 6) is 2.83. The number of aromatic nitrogens is 1. The van der Waals surface area contributed by atoms with Crippen molar-refractivity contribution in [3.63, 3.8) is 0 Å². The van der Waals surface area contributed by atoms with Gasteiger partial charge in [0.15, 0.2) is 6.10 Å². The van der Waals surface area contributed by atoms with Gasteiger partial charge < -0.3 is 5.11 Å². The largest absolute Gasteiger partial charge is 0.374 e. The summed E-state index contributed by atoms with van der Waals surface area (Å²) >= 11 is 5.47. The highest BCUT2D eigenvalue weighted by Crippen LogP contribution is 2.31. The molecule has 1 unspecified atom stereocenters. The van der Waals surface area contributed by atoms with Crippen molar-refractivity contribution in [1.29, 1.82) is 5.26 Å². The third-order valence-electron chi connectivity index (χ3n) is 2.70. The maximum Gasteiger partial charge on any atom is 0.167 e. The van der Waals surface area contributed by atoms with Crippen LogP contribution in [0.5, 0.6) is 0 Å². The first-order chi connectivity index (χ1) is 11.5. The molecule has 0 aromatic carbocycles. The molecule has 0 aliphatic carbocycles. The topological polar surface area (TPSA) is 56.9 Å². The van der Waals surface area contributed by atoms with Crippen LogP contribution in [0.1, 0.15) is 69.3 Å². The van der Waals surface area contributed by atoms with E-state index < -0.39 is 6.10 Å². The monoisotopic (exact) mass is 368 g/mol. The summed E-state index contributed by atoms with van der Waals surface area (Å²) in [7, 11) is 0. The molecule has 136 valence electrons. The van der Waals surface area contributed by atoms with Crippen molar-refractivity contribution >= 4 is 39.6 Å². The van der Waals surface area contributed by atoms with Gasteiger partial charge in [0.25, 0.3) is 0 Å². The van der Waals surface area contributed by atoms with Crippen LogP contribution in [0.3, 0.4) is 0 Å². The number of thiophene rings is 1. The summed E-state index contributed by atoms with van der Waals surface area (Å²) in [5, 5.41) is 19.5. The molecule has 2 aromatic rings. The number of hydrogen-bond acceptors (Lipinski definition) is 5. The minimum atomic E-state index is -1.09. The summed E-state index contributed by atoms with van der Waals surface area (Å²) in [6.45, 7) is 17.8. The minimum Gasteiger partial charge on any atom is -0.374 e. The van der Waals surface area contributed by atoms with Gasteiger partial charge in [-0.05, 0) is 38.3 Å². The van der Waals surface area contributed by atoms with Gasteiger partial charge in [0.2, 0.25) is 0 Å². The Bertz CT molecular complexity index is 616. The van der Waals surface area contributed by atoms with Crippen LogP contribution in [0.4, 0.5) is 0 Å². The van der Waals surface area contributed by atoms with Crippen molar-refractivity contribution in [3.8, 4) is 6.07 Å². The third-order valence-corrected chi connectivity index (χ3v) is 3.64. The molecule has 0 bridgehead atoms. The summed E-state index contributed by atoms with van der Waals surface area (Å²) in [5.41, 5.74) is 2.34. The zero-order valence-corrected chi connectivity index (χ0v) is 18.2. The lowest BCUT2D eigenvalue weighted by Gasteiger charge is -2.10. The standard InChI is InChI=1S/C12H12N2OS.3C2H6.CH2S/c1-6-4-9-7(2)11(10(15)5-13)8(3)14-12(9)16-6;4*1-2/h4,10,15H,1-3H3;3*1-2H3;1H2. The van der Waals surface area contributed by atoms with Gasteiger partial charge in [-0.15, -0.1) is 11.3 Å². The summed E-state index contributed by atoms with van der Waals surface area (Å²) in [6, 6.07) is 3.90. The average molecular weight is 369 g/mol. The van der Waals surface area contributed by atoms with Gasteiger partial charge in [0.1, 0.15) is 4.83 Å². The predicted octanol–water partition coefficient (Wildman–Crippen LogP) is 6.47. The molecule has 3 nitrogen and oxygen atoms in total. The Morgan fingerprint density at radius 2 is 1.58 bits per heavy atom. The maximum atomic E-state index is 9.66. The molecule has 1 N–H and O–H groups in total. The number of fused-ring (bicyclic) bond motifs is 1. The molecule has 0 aliphatic heterocycles. The lowest BCUT2D eigenvalue weighted by atomic mass is 10.0. The van der Waals surface area contributed by atoms with Crippen LogP contribution in [0.2, 0.25) is 0 Å². The lowest BCUT2D eigenvalue weighted by Crippen LogP contribution is -2.02. The summed E-state index contributed by atoms with van der Waals surface area (Å²) in [4.78, 5) is 6.60. The first-order valence-electron chi connectivity index (χ1n) is 8.28. The van der Waals surface area contributed by atoms with E-state index in [9.17, 15) is 5.11 Å². The highest BCUT2D eigenvalue weighted by atomic mass is 32.1. The second-order valence-corrected chi connectivity index (χ2v) is 5.08. The van der Waals surface area contributed by atoms with Crippen molar-refractivity contribution in [3.05, 3.63) is 27.8 Å². The molecule has 0 fully saturated rings. The van der Waals surface area contributed by atoms with E-state index in [1.54, 1.807) is 11.3 Å². The number of hydrogen-bond donors (Lipinski definition) is 1. The van der Waals surface area contributed by atoms with Crippen LogP contribution in [0, 0.1) is 32.1 Å². The van der Waals surface area contributed by atoms with E-state index in [0.29, 0.717) is 5.56 Å². The van der Waals surface area contributed by atoms with Crippen molar-refractivity contribution in [2.45, 2.75) is 68.4 Å². The van der Waals surface area contributed by atoms with Gasteiger partial charge in [0.05, 0.1) is 6.07 Å². The Morgan fingerprint density at radius 3 is 2.00 bits per heavy atom. The van der Waals surface area contributed by atoms with Crippen LogP contribution in [-0.2, 0) is 0 Å².